The van der Waals surface area contributed by atoms with Crippen LogP contribution in [0.2, 0.25) is 0 Å². The Bertz CT molecular complexity index is 1590. The summed E-state index contributed by atoms with van der Waals surface area (Å²) in [5.41, 5.74) is -3.51. The molecule has 2 fully saturated rings. The van der Waals surface area contributed by atoms with Gasteiger partial charge in [-0.25, -0.2) is 9.37 Å². The summed E-state index contributed by atoms with van der Waals surface area (Å²) in [6.07, 6.45) is -6.74. The van der Waals surface area contributed by atoms with E-state index in [1.165, 1.54) is 39.2 Å². The third kappa shape index (κ3) is 6.44. The molecule has 1 aromatic heterocycles. The second-order valence-electron chi connectivity index (χ2n) is 12.6. The van der Waals surface area contributed by atoms with Gasteiger partial charge in [0.2, 0.25) is 5.91 Å². The van der Waals surface area contributed by atoms with Crippen LogP contribution in [-0.4, -0.2) is 66.3 Å². The van der Waals surface area contributed by atoms with Gasteiger partial charge < -0.3 is 14.9 Å². The van der Waals surface area contributed by atoms with E-state index in [2.05, 4.69) is 9.88 Å². The van der Waals surface area contributed by atoms with Gasteiger partial charge in [0.1, 0.15) is 11.6 Å². The van der Waals surface area contributed by atoms with Crippen molar-refractivity contribution in [2.24, 2.45) is 0 Å². The van der Waals surface area contributed by atoms with Crippen molar-refractivity contribution < 1.29 is 40.6 Å². The minimum Gasteiger partial charge on any atom is -0.395 e. The van der Waals surface area contributed by atoms with Crippen molar-refractivity contribution in [2.75, 3.05) is 43.1 Å². The lowest BCUT2D eigenvalue weighted by molar-refractivity contribution is -0.143. The molecule has 0 radical (unpaired) electrons. The number of benzene rings is 2. The maximum absolute atomic E-state index is 14.1. The van der Waals surface area contributed by atoms with Gasteiger partial charge in [-0.1, -0.05) is 6.07 Å². The number of aryl methyl sites for hydroxylation is 1. The summed E-state index contributed by atoms with van der Waals surface area (Å²) in [4.78, 5) is 24.2. The molecule has 2 aromatic carbocycles. The van der Waals surface area contributed by atoms with E-state index in [0.29, 0.717) is 47.7 Å². The number of aromatic nitrogens is 1. The lowest BCUT2D eigenvalue weighted by Crippen LogP contribution is -2.57. The molecule has 5 rings (SSSR count). The highest BCUT2D eigenvalue weighted by Gasteiger charge is 2.42. The van der Waals surface area contributed by atoms with Crippen molar-refractivity contribution in [3.63, 3.8) is 0 Å². The Balaban J connectivity index is 1.58. The number of carbonyl (C=O) groups excluding carboxylic acids is 1. The van der Waals surface area contributed by atoms with E-state index in [1.807, 2.05) is 4.90 Å². The number of likely N-dealkylation sites (N-methyl/N-ethyl adjacent to an activating group) is 1. The standard InChI is InChI=1S/C33H35F7N4O2/c1-19-10-23(34)7-8-26(19)27-14-29(43-16-24-6-5-9-44(24)25(17-43)18-45)41-15-28(27)42(4)30(46)31(2,3)20-11-21(32(35,36)37)13-22(12-20)33(38,39)40/h7-8,10-15,24-25,45H,5-6,9,16-18H2,1-4H3/t24-,25?/m1/s1. The highest BCUT2D eigenvalue weighted by molar-refractivity contribution is 6.03. The number of pyridine rings is 1. The van der Waals surface area contributed by atoms with Gasteiger partial charge in [-0.05, 0) is 93.2 Å². The molecule has 248 valence electrons. The number of amides is 1. The van der Waals surface area contributed by atoms with E-state index in [1.54, 1.807) is 19.1 Å². The molecule has 2 saturated heterocycles. The number of halogens is 7. The number of hydrogen-bond acceptors (Lipinski definition) is 5. The highest BCUT2D eigenvalue weighted by atomic mass is 19.4. The van der Waals surface area contributed by atoms with Crippen LogP contribution < -0.4 is 9.80 Å². The van der Waals surface area contributed by atoms with Gasteiger partial charge in [0.15, 0.2) is 0 Å². The zero-order valence-electron chi connectivity index (χ0n) is 25.8. The van der Waals surface area contributed by atoms with Gasteiger partial charge in [-0.2, -0.15) is 26.3 Å². The fraction of sp³-hybridized carbons (Fsp3) is 0.455. The molecule has 13 heteroatoms. The molecule has 0 saturated carbocycles. The Morgan fingerprint density at radius 2 is 1.59 bits per heavy atom. The van der Waals surface area contributed by atoms with Gasteiger partial charge in [-0.15, -0.1) is 0 Å². The second kappa shape index (κ2) is 12.1. The lowest BCUT2D eigenvalue weighted by Gasteiger charge is -2.43. The quantitative estimate of drug-likeness (QED) is 0.297. The number of nitrogens with zero attached hydrogens (tertiary/aromatic N) is 4. The SMILES string of the molecule is Cc1cc(F)ccc1-c1cc(N2CC(CO)N3CCC[C@@H]3C2)ncc1N(C)C(=O)C(C)(C)c1cc(C(F)(F)F)cc(C(F)(F)F)c1. The topological polar surface area (TPSA) is 59.9 Å². The normalized spacial score (nSPS) is 19.3. The van der Waals surface area contributed by atoms with E-state index in [9.17, 15) is 40.6 Å². The molecule has 1 N–H and O–H groups in total. The fourth-order valence-corrected chi connectivity index (χ4v) is 6.56. The van der Waals surface area contributed by atoms with Crippen molar-refractivity contribution >= 4 is 17.4 Å². The van der Waals surface area contributed by atoms with E-state index < -0.39 is 46.2 Å². The molecule has 3 heterocycles. The predicted octanol–water partition coefficient (Wildman–Crippen LogP) is 6.82. The first kappa shape index (κ1) is 33.6. The number of carbonyl (C=O) groups is 1. The summed E-state index contributed by atoms with van der Waals surface area (Å²) in [6.45, 7) is 6.24. The molecule has 0 bridgehead atoms. The minimum atomic E-state index is -5.08. The number of aliphatic hydroxyl groups is 1. The van der Waals surface area contributed by atoms with Gasteiger partial charge in [-0.3, -0.25) is 9.69 Å². The summed E-state index contributed by atoms with van der Waals surface area (Å²) in [5, 5.41) is 10.1. The van der Waals surface area contributed by atoms with E-state index in [-0.39, 0.29) is 30.4 Å². The Kier molecular flexibility index (Phi) is 8.88. The van der Waals surface area contributed by atoms with Crippen molar-refractivity contribution in [1.29, 1.82) is 0 Å². The Hall–Kier alpha value is -3.71. The van der Waals surface area contributed by atoms with Gasteiger partial charge >= 0.3 is 12.4 Å². The van der Waals surface area contributed by atoms with Crippen molar-refractivity contribution in [1.82, 2.24) is 9.88 Å². The molecule has 0 aliphatic carbocycles. The van der Waals surface area contributed by atoms with Crippen LogP contribution in [-0.2, 0) is 22.6 Å². The Morgan fingerprint density at radius 1 is 0.957 bits per heavy atom. The first-order valence-corrected chi connectivity index (χ1v) is 14.9. The number of fused-ring (bicyclic) bond motifs is 1. The van der Waals surface area contributed by atoms with Gasteiger partial charge in [0, 0.05) is 31.7 Å². The van der Waals surface area contributed by atoms with Crippen LogP contribution in [0.15, 0.2) is 48.7 Å². The van der Waals surface area contributed by atoms with E-state index in [0.717, 1.165) is 24.3 Å². The number of piperazine rings is 1. The van der Waals surface area contributed by atoms with Gasteiger partial charge in [0.05, 0.1) is 41.1 Å². The molecule has 6 nitrogen and oxygen atoms in total. The average molecular weight is 653 g/mol. The van der Waals surface area contributed by atoms with E-state index in [4.69, 9.17) is 0 Å². The van der Waals surface area contributed by atoms with Crippen molar-refractivity contribution in [2.45, 2.75) is 63.5 Å². The van der Waals surface area contributed by atoms with Crippen LogP contribution in [0.4, 0.5) is 42.2 Å². The highest BCUT2D eigenvalue weighted by Crippen LogP contribution is 2.41. The third-order valence-electron chi connectivity index (χ3n) is 9.15. The van der Waals surface area contributed by atoms with Crippen LogP contribution in [0.5, 0.6) is 0 Å². The lowest BCUT2D eigenvalue weighted by atomic mass is 9.81. The maximum Gasteiger partial charge on any atom is 0.416 e. The number of anilines is 2. The first-order chi connectivity index (χ1) is 21.4. The first-order valence-electron chi connectivity index (χ1n) is 14.9. The number of hydrogen-bond donors (Lipinski definition) is 1. The van der Waals surface area contributed by atoms with Crippen LogP contribution in [0.1, 0.15) is 48.9 Å². The largest absolute Gasteiger partial charge is 0.416 e. The van der Waals surface area contributed by atoms with Crippen LogP contribution in [0.3, 0.4) is 0 Å². The van der Waals surface area contributed by atoms with Crippen LogP contribution in [0.25, 0.3) is 11.1 Å². The summed E-state index contributed by atoms with van der Waals surface area (Å²) in [5.74, 6) is -0.702. The minimum absolute atomic E-state index is 0.0264. The maximum atomic E-state index is 14.1. The van der Waals surface area contributed by atoms with Crippen LogP contribution >= 0.6 is 0 Å². The predicted molar refractivity (Wildman–Crippen MR) is 160 cm³/mol. The third-order valence-corrected chi connectivity index (χ3v) is 9.15. The molecular formula is C33H35F7N4O2. The summed E-state index contributed by atoms with van der Waals surface area (Å²) in [6, 6.07) is 7.16. The molecule has 3 aromatic rings. The molecule has 1 unspecified atom stereocenters. The Morgan fingerprint density at radius 3 is 2.17 bits per heavy atom. The molecule has 46 heavy (non-hydrogen) atoms. The molecule has 0 spiro atoms. The number of alkyl halides is 6. The number of rotatable bonds is 6. The average Bonchev–Trinajstić information content (AvgIpc) is 3.47. The molecule has 2 aliphatic heterocycles. The van der Waals surface area contributed by atoms with E-state index >= 15 is 0 Å². The fourth-order valence-electron chi connectivity index (χ4n) is 6.56. The zero-order chi connectivity index (χ0) is 33.8. The number of aliphatic hydroxyl groups excluding tert-OH is 1. The smallest absolute Gasteiger partial charge is 0.395 e. The monoisotopic (exact) mass is 652 g/mol. The molecule has 1 amide bonds. The Labute approximate surface area is 262 Å². The molecular weight excluding hydrogens is 617 g/mol. The van der Waals surface area contributed by atoms with Gasteiger partial charge in [0.25, 0.3) is 0 Å². The van der Waals surface area contributed by atoms with Crippen LogP contribution in [0, 0.1) is 12.7 Å². The van der Waals surface area contributed by atoms with Crippen molar-refractivity contribution in [3.8, 4) is 11.1 Å². The summed E-state index contributed by atoms with van der Waals surface area (Å²) < 4.78 is 96.0. The van der Waals surface area contributed by atoms with Crippen molar-refractivity contribution in [3.05, 3.63) is 76.7 Å². The summed E-state index contributed by atoms with van der Waals surface area (Å²) in [7, 11) is 1.38. The zero-order valence-corrected chi connectivity index (χ0v) is 25.8. The second-order valence-corrected chi connectivity index (χ2v) is 12.6. The molecule has 2 aliphatic rings. The molecule has 2 atom stereocenters. The summed E-state index contributed by atoms with van der Waals surface area (Å²) >= 11 is 0.